The molecule has 1 aliphatic heterocycles. The Morgan fingerprint density at radius 1 is 1.30 bits per heavy atom. The van der Waals surface area contributed by atoms with Crippen LogP contribution in [0.5, 0.6) is 0 Å². The van der Waals surface area contributed by atoms with E-state index in [-0.39, 0.29) is 19.1 Å². The van der Waals surface area contributed by atoms with Gasteiger partial charge in [-0.05, 0) is 44.9 Å². The van der Waals surface area contributed by atoms with Gasteiger partial charge in [-0.1, -0.05) is 12.1 Å². The Kier molecular flexibility index (Phi) is 6.79. The monoisotopic (exact) mass is 378 g/mol. The number of urea groups is 1. The van der Waals surface area contributed by atoms with Gasteiger partial charge in [0.2, 0.25) is 0 Å². The Balaban J connectivity index is 2.27. The summed E-state index contributed by atoms with van der Waals surface area (Å²) in [6.07, 6.45) is 0.189. The van der Waals surface area contributed by atoms with Gasteiger partial charge in [-0.3, -0.25) is 4.90 Å². The molecule has 2 amide bonds. The molecular formula is C19H26N2O6. The van der Waals surface area contributed by atoms with E-state index in [0.717, 1.165) is 6.42 Å². The number of benzene rings is 1. The first-order valence-electron chi connectivity index (χ1n) is 9.03. The number of nitrogens with zero attached hydrogens (tertiary/aromatic N) is 1. The van der Waals surface area contributed by atoms with Crippen LogP contribution in [-0.4, -0.2) is 54.5 Å². The maximum absolute atomic E-state index is 12.4. The highest BCUT2D eigenvalue weighted by molar-refractivity contribution is 6.03. The van der Waals surface area contributed by atoms with Crippen molar-refractivity contribution >= 4 is 23.7 Å². The Labute approximate surface area is 158 Å². The second-order valence-corrected chi connectivity index (χ2v) is 6.60. The van der Waals surface area contributed by atoms with Crippen molar-refractivity contribution in [2.45, 2.75) is 45.3 Å². The first kappa shape index (κ1) is 20.7. The molecule has 1 saturated heterocycles. The number of carboxylic acids is 1. The molecule has 2 rings (SSSR count). The topological polar surface area (TPSA) is 105 Å². The SMILES string of the molecule is CCOC(=O)C(Cc1ccc(N2CCCNC2=O)cc1)(OC(C)C)C(=O)O. The lowest BCUT2D eigenvalue weighted by atomic mass is 9.93. The Morgan fingerprint density at radius 3 is 2.48 bits per heavy atom. The Morgan fingerprint density at radius 2 is 1.96 bits per heavy atom. The average molecular weight is 378 g/mol. The number of carboxylic acid groups (broad SMARTS) is 1. The normalized spacial score (nSPS) is 16.6. The van der Waals surface area contributed by atoms with Crippen LogP contribution in [0.3, 0.4) is 0 Å². The quantitative estimate of drug-likeness (QED) is 0.529. The number of carbonyl (C=O) groups excluding carboxylic acids is 2. The summed E-state index contributed by atoms with van der Waals surface area (Å²) in [6.45, 7) is 6.25. The summed E-state index contributed by atoms with van der Waals surface area (Å²) in [5.41, 5.74) is -0.821. The maximum Gasteiger partial charge on any atom is 0.350 e. The molecular weight excluding hydrogens is 352 g/mol. The predicted molar refractivity (Wildman–Crippen MR) is 98.7 cm³/mol. The van der Waals surface area contributed by atoms with E-state index in [0.29, 0.717) is 24.3 Å². The van der Waals surface area contributed by atoms with E-state index in [1.54, 1.807) is 49.9 Å². The molecule has 1 aromatic rings. The number of anilines is 1. The summed E-state index contributed by atoms with van der Waals surface area (Å²) < 4.78 is 10.5. The van der Waals surface area contributed by atoms with Crippen LogP contribution in [0.25, 0.3) is 0 Å². The number of aliphatic carboxylic acids is 1. The molecule has 0 aromatic heterocycles. The summed E-state index contributed by atoms with van der Waals surface area (Å²) in [5.74, 6) is -2.32. The first-order chi connectivity index (χ1) is 12.8. The minimum Gasteiger partial charge on any atom is -0.479 e. The second kappa shape index (κ2) is 8.85. The third-order valence-electron chi connectivity index (χ3n) is 4.17. The van der Waals surface area contributed by atoms with Crippen molar-refractivity contribution < 1.29 is 29.0 Å². The van der Waals surface area contributed by atoms with Gasteiger partial charge in [0.25, 0.3) is 5.60 Å². The number of ether oxygens (including phenoxy) is 2. The molecule has 1 unspecified atom stereocenters. The summed E-state index contributed by atoms with van der Waals surface area (Å²) in [5, 5.41) is 12.5. The highest BCUT2D eigenvalue weighted by Crippen LogP contribution is 2.25. The van der Waals surface area contributed by atoms with Gasteiger partial charge in [0.1, 0.15) is 0 Å². The lowest BCUT2D eigenvalue weighted by Gasteiger charge is -2.30. The molecule has 1 aromatic carbocycles. The zero-order chi connectivity index (χ0) is 20.0. The third kappa shape index (κ3) is 4.77. The minimum absolute atomic E-state index is 0.0539. The molecule has 2 N–H and O–H groups in total. The van der Waals surface area contributed by atoms with Crippen molar-refractivity contribution in [1.82, 2.24) is 5.32 Å². The van der Waals surface area contributed by atoms with Gasteiger partial charge < -0.3 is 19.9 Å². The van der Waals surface area contributed by atoms with Crippen LogP contribution >= 0.6 is 0 Å². The fourth-order valence-electron chi connectivity index (χ4n) is 2.98. The second-order valence-electron chi connectivity index (χ2n) is 6.60. The van der Waals surface area contributed by atoms with Gasteiger partial charge in [-0.2, -0.15) is 0 Å². The van der Waals surface area contributed by atoms with Crippen LogP contribution in [-0.2, 0) is 25.5 Å². The van der Waals surface area contributed by atoms with E-state index in [1.165, 1.54) is 0 Å². The van der Waals surface area contributed by atoms with E-state index >= 15 is 0 Å². The summed E-state index contributed by atoms with van der Waals surface area (Å²) >= 11 is 0. The van der Waals surface area contributed by atoms with E-state index in [1.807, 2.05) is 0 Å². The molecule has 8 heteroatoms. The number of hydrogen-bond acceptors (Lipinski definition) is 5. The van der Waals surface area contributed by atoms with Gasteiger partial charge in [-0.25, -0.2) is 14.4 Å². The van der Waals surface area contributed by atoms with Crippen LogP contribution < -0.4 is 10.2 Å². The van der Waals surface area contributed by atoms with Crippen molar-refractivity contribution in [2.75, 3.05) is 24.6 Å². The van der Waals surface area contributed by atoms with Crippen molar-refractivity contribution in [2.24, 2.45) is 0 Å². The van der Waals surface area contributed by atoms with E-state index in [4.69, 9.17) is 9.47 Å². The third-order valence-corrected chi connectivity index (χ3v) is 4.17. The molecule has 1 fully saturated rings. The number of esters is 1. The van der Waals surface area contributed by atoms with Gasteiger partial charge >= 0.3 is 18.0 Å². The zero-order valence-electron chi connectivity index (χ0n) is 15.9. The van der Waals surface area contributed by atoms with Crippen molar-refractivity contribution in [3.63, 3.8) is 0 Å². The molecule has 1 aliphatic rings. The van der Waals surface area contributed by atoms with Crippen molar-refractivity contribution in [3.05, 3.63) is 29.8 Å². The maximum atomic E-state index is 12.4. The average Bonchev–Trinajstić information content (AvgIpc) is 2.62. The number of rotatable bonds is 8. The molecule has 8 nitrogen and oxygen atoms in total. The van der Waals surface area contributed by atoms with Crippen LogP contribution in [0.15, 0.2) is 24.3 Å². The molecule has 0 saturated carbocycles. The number of nitrogens with one attached hydrogen (secondary N) is 1. The summed E-state index contributed by atoms with van der Waals surface area (Å²) in [7, 11) is 0. The summed E-state index contributed by atoms with van der Waals surface area (Å²) in [4.78, 5) is 37.9. The molecule has 27 heavy (non-hydrogen) atoms. The standard InChI is InChI=1S/C19H26N2O6/c1-4-26-17(24)19(16(22)23,27-13(2)3)12-14-6-8-15(9-7-14)21-11-5-10-20-18(21)25/h6-9,13H,4-5,10-12H2,1-3H3,(H,20,25)(H,22,23). The smallest absolute Gasteiger partial charge is 0.350 e. The van der Waals surface area contributed by atoms with E-state index < -0.39 is 23.6 Å². The molecule has 0 radical (unpaired) electrons. The van der Waals surface area contributed by atoms with Gasteiger partial charge in [0.15, 0.2) is 0 Å². The van der Waals surface area contributed by atoms with Crippen molar-refractivity contribution in [1.29, 1.82) is 0 Å². The first-order valence-corrected chi connectivity index (χ1v) is 9.03. The summed E-state index contributed by atoms with van der Waals surface area (Å²) in [6, 6.07) is 6.68. The van der Waals surface area contributed by atoms with Gasteiger partial charge in [0.05, 0.1) is 12.7 Å². The lowest BCUT2D eigenvalue weighted by molar-refractivity contribution is -0.192. The molecule has 0 spiro atoms. The molecule has 1 atom stereocenters. The minimum atomic E-state index is -2.12. The van der Waals surface area contributed by atoms with Gasteiger partial charge in [0, 0.05) is 25.2 Å². The van der Waals surface area contributed by atoms with Crippen LogP contribution in [0.1, 0.15) is 32.8 Å². The fraction of sp³-hybridized carbons (Fsp3) is 0.526. The van der Waals surface area contributed by atoms with E-state index in [9.17, 15) is 19.5 Å². The molecule has 0 aliphatic carbocycles. The highest BCUT2D eigenvalue weighted by atomic mass is 16.6. The number of carbonyl (C=O) groups is 3. The Bertz CT molecular complexity index is 688. The molecule has 148 valence electrons. The highest BCUT2D eigenvalue weighted by Gasteiger charge is 2.50. The molecule has 1 heterocycles. The van der Waals surface area contributed by atoms with E-state index in [2.05, 4.69) is 5.32 Å². The van der Waals surface area contributed by atoms with Gasteiger partial charge in [-0.15, -0.1) is 0 Å². The Hall–Kier alpha value is -2.61. The lowest BCUT2D eigenvalue weighted by Crippen LogP contribution is -2.53. The predicted octanol–water partition coefficient (Wildman–Crippen LogP) is 1.96. The van der Waals surface area contributed by atoms with Crippen LogP contribution in [0.4, 0.5) is 10.5 Å². The largest absolute Gasteiger partial charge is 0.479 e. The van der Waals surface area contributed by atoms with Crippen LogP contribution in [0.2, 0.25) is 0 Å². The van der Waals surface area contributed by atoms with Crippen molar-refractivity contribution in [3.8, 4) is 0 Å². The number of amides is 2. The number of hydrogen-bond donors (Lipinski definition) is 2. The molecule has 0 bridgehead atoms. The van der Waals surface area contributed by atoms with Crippen LogP contribution in [0, 0.1) is 0 Å². The fourth-order valence-corrected chi connectivity index (χ4v) is 2.98. The zero-order valence-corrected chi connectivity index (χ0v) is 15.9.